The first-order valence-corrected chi connectivity index (χ1v) is 6.87. The molecule has 4 heteroatoms. The summed E-state index contributed by atoms with van der Waals surface area (Å²) in [5.74, 6) is 0.749. The Kier molecular flexibility index (Phi) is 5.63. The minimum atomic E-state index is -0.609. The average molecular weight is 317 g/mol. The van der Waals surface area contributed by atoms with Crippen molar-refractivity contribution in [2.75, 3.05) is 13.7 Å². The smallest absolute Gasteiger partial charge is 0.128 e. The zero-order chi connectivity index (χ0) is 13.9. The summed E-state index contributed by atoms with van der Waals surface area (Å²) >= 11 is 3.56. The van der Waals surface area contributed by atoms with Gasteiger partial charge in [-0.3, -0.25) is 0 Å². The molecule has 0 radical (unpaired) electrons. The molecule has 0 saturated heterocycles. The van der Waals surface area contributed by atoms with Gasteiger partial charge in [0.1, 0.15) is 5.75 Å². The molecule has 102 valence electrons. The van der Waals surface area contributed by atoms with Crippen LogP contribution < -0.4 is 4.74 Å². The molecule has 1 rings (SSSR count). The van der Waals surface area contributed by atoms with Crippen molar-refractivity contribution in [2.45, 2.75) is 39.7 Å². The van der Waals surface area contributed by atoms with Crippen molar-refractivity contribution < 1.29 is 14.9 Å². The van der Waals surface area contributed by atoms with Crippen molar-refractivity contribution >= 4 is 15.9 Å². The summed E-state index contributed by atoms with van der Waals surface area (Å²) in [6, 6.07) is 0. The second-order valence-corrected chi connectivity index (χ2v) is 5.31. The van der Waals surface area contributed by atoms with Crippen LogP contribution >= 0.6 is 15.9 Å². The van der Waals surface area contributed by atoms with Gasteiger partial charge < -0.3 is 14.9 Å². The highest BCUT2D eigenvalue weighted by atomic mass is 79.9. The Morgan fingerprint density at radius 3 is 2.28 bits per heavy atom. The number of hydrogen-bond acceptors (Lipinski definition) is 3. The van der Waals surface area contributed by atoms with Crippen molar-refractivity contribution in [3.8, 4) is 5.75 Å². The molecule has 0 heterocycles. The van der Waals surface area contributed by atoms with Gasteiger partial charge in [-0.05, 0) is 50.3 Å². The molecule has 0 saturated carbocycles. The van der Waals surface area contributed by atoms with Crippen molar-refractivity contribution in [1.82, 2.24) is 0 Å². The lowest BCUT2D eigenvalue weighted by molar-refractivity contribution is 0.147. The first kappa shape index (κ1) is 15.5. The SMILES string of the molecule is COc1c(C)c(C)c(Br)c(C)c1C(O)CCCO. The van der Waals surface area contributed by atoms with Gasteiger partial charge in [-0.1, -0.05) is 15.9 Å². The predicted molar refractivity (Wildman–Crippen MR) is 76.2 cm³/mol. The van der Waals surface area contributed by atoms with E-state index in [0.717, 1.165) is 32.5 Å². The molecular formula is C14H21BrO3. The van der Waals surface area contributed by atoms with Crippen LogP contribution in [0.1, 0.15) is 41.2 Å². The molecule has 1 unspecified atom stereocenters. The third-order valence-electron chi connectivity index (χ3n) is 3.38. The summed E-state index contributed by atoms with van der Waals surface area (Å²) in [4.78, 5) is 0. The van der Waals surface area contributed by atoms with Crippen LogP contribution in [0.25, 0.3) is 0 Å². The molecule has 2 N–H and O–H groups in total. The maximum absolute atomic E-state index is 10.3. The number of ether oxygens (including phenoxy) is 1. The molecule has 0 aliphatic carbocycles. The summed E-state index contributed by atoms with van der Waals surface area (Å²) in [6.45, 7) is 6.07. The fourth-order valence-corrected chi connectivity index (χ4v) is 2.71. The maximum Gasteiger partial charge on any atom is 0.128 e. The number of halogens is 1. The summed E-state index contributed by atoms with van der Waals surface area (Å²) in [5.41, 5.74) is 3.98. The monoisotopic (exact) mass is 316 g/mol. The standard InChI is InChI=1S/C14H21BrO3/c1-8-9(2)14(18-4)12(10(3)13(8)15)11(17)6-5-7-16/h11,16-17H,5-7H2,1-4H3. The van der Waals surface area contributed by atoms with Crippen LogP contribution in [0.15, 0.2) is 4.47 Å². The van der Waals surface area contributed by atoms with E-state index in [1.807, 2.05) is 20.8 Å². The molecule has 0 amide bonds. The van der Waals surface area contributed by atoms with Gasteiger partial charge in [0.15, 0.2) is 0 Å². The van der Waals surface area contributed by atoms with Gasteiger partial charge in [-0.15, -0.1) is 0 Å². The van der Waals surface area contributed by atoms with Crippen LogP contribution in [0.5, 0.6) is 5.75 Å². The third kappa shape index (κ3) is 2.87. The first-order chi connectivity index (χ1) is 8.45. The van der Waals surface area contributed by atoms with Gasteiger partial charge in [0.05, 0.1) is 13.2 Å². The van der Waals surface area contributed by atoms with E-state index in [1.54, 1.807) is 7.11 Å². The quantitative estimate of drug-likeness (QED) is 0.877. The highest BCUT2D eigenvalue weighted by Gasteiger charge is 2.21. The lowest BCUT2D eigenvalue weighted by atomic mass is 9.93. The van der Waals surface area contributed by atoms with Crippen LogP contribution in [-0.2, 0) is 0 Å². The Labute approximate surface area is 117 Å². The molecule has 1 aromatic rings. The molecule has 0 aliphatic rings. The number of hydrogen-bond donors (Lipinski definition) is 2. The van der Waals surface area contributed by atoms with E-state index in [-0.39, 0.29) is 6.61 Å². The zero-order valence-corrected chi connectivity index (χ0v) is 13.0. The number of rotatable bonds is 5. The lowest BCUT2D eigenvalue weighted by Gasteiger charge is -2.22. The number of benzene rings is 1. The Hall–Kier alpha value is -0.580. The van der Waals surface area contributed by atoms with Crippen molar-refractivity contribution in [2.24, 2.45) is 0 Å². The molecule has 0 bridgehead atoms. The van der Waals surface area contributed by atoms with Crippen LogP contribution in [0, 0.1) is 20.8 Å². The molecule has 3 nitrogen and oxygen atoms in total. The Morgan fingerprint density at radius 1 is 1.17 bits per heavy atom. The molecule has 18 heavy (non-hydrogen) atoms. The summed E-state index contributed by atoms with van der Waals surface area (Å²) < 4.78 is 6.46. The molecule has 1 atom stereocenters. The van der Waals surface area contributed by atoms with Crippen LogP contribution in [0.2, 0.25) is 0 Å². The normalized spacial score (nSPS) is 12.6. The molecule has 0 spiro atoms. The van der Waals surface area contributed by atoms with Crippen molar-refractivity contribution in [1.29, 1.82) is 0 Å². The van der Waals surface area contributed by atoms with E-state index in [1.165, 1.54) is 0 Å². The van der Waals surface area contributed by atoms with Crippen LogP contribution in [-0.4, -0.2) is 23.9 Å². The van der Waals surface area contributed by atoms with E-state index in [0.29, 0.717) is 12.8 Å². The van der Waals surface area contributed by atoms with Crippen LogP contribution in [0.4, 0.5) is 0 Å². The summed E-state index contributed by atoms with van der Waals surface area (Å²) in [6.07, 6.45) is 0.499. The van der Waals surface area contributed by atoms with E-state index < -0.39 is 6.10 Å². The van der Waals surface area contributed by atoms with Crippen molar-refractivity contribution in [3.05, 3.63) is 26.7 Å². The van der Waals surface area contributed by atoms with Gasteiger partial charge in [0.25, 0.3) is 0 Å². The van der Waals surface area contributed by atoms with Gasteiger partial charge >= 0.3 is 0 Å². The van der Waals surface area contributed by atoms with Crippen molar-refractivity contribution in [3.63, 3.8) is 0 Å². The Balaban J connectivity index is 3.32. The fourth-order valence-electron chi connectivity index (χ4n) is 2.20. The van der Waals surface area contributed by atoms with Gasteiger partial charge in [-0.2, -0.15) is 0 Å². The summed E-state index contributed by atoms with van der Waals surface area (Å²) in [5, 5.41) is 19.1. The Morgan fingerprint density at radius 2 is 1.78 bits per heavy atom. The van der Waals surface area contributed by atoms with E-state index >= 15 is 0 Å². The zero-order valence-electron chi connectivity index (χ0n) is 11.4. The molecule has 0 fully saturated rings. The minimum Gasteiger partial charge on any atom is -0.496 e. The minimum absolute atomic E-state index is 0.0877. The number of aliphatic hydroxyl groups is 2. The lowest BCUT2D eigenvalue weighted by Crippen LogP contribution is -2.07. The maximum atomic E-state index is 10.3. The fraction of sp³-hybridized carbons (Fsp3) is 0.571. The van der Waals surface area contributed by atoms with Gasteiger partial charge in [0, 0.05) is 16.6 Å². The van der Waals surface area contributed by atoms with Crippen LogP contribution in [0.3, 0.4) is 0 Å². The highest BCUT2D eigenvalue weighted by Crippen LogP contribution is 2.40. The number of methoxy groups -OCH3 is 1. The van der Waals surface area contributed by atoms with Gasteiger partial charge in [0.2, 0.25) is 0 Å². The largest absolute Gasteiger partial charge is 0.496 e. The third-order valence-corrected chi connectivity index (χ3v) is 4.57. The first-order valence-electron chi connectivity index (χ1n) is 6.07. The number of aliphatic hydroxyl groups excluding tert-OH is 2. The molecule has 1 aromatic carbocycles. The second-order valence-electron chi connectivity index (χ2n) is 4.52. The topological polar surface area (TPSA) is 49.7 Å². The summed E-state index contributed by atoms with van der Waals surface area (Å²) in [7, 11) is 1.62. The Bertz CT molecular complexity index is 430. The highest BCUT2D eigenvalue weighted by molar-refractivity contribution is 9.10. The van der Waals surface area contributed by atoms with E-state index in [4.69, 9.17) is 9.84 Å². The van der Waals surface area contributed by atoms with E-state index in [2.05, 4.69) is 15.9 Å². The average Bonchev–Trinajstić information content (AvgIpc) is 2.37. The van der Waals surface area contributed by atoms with Gasteiger partial charge in [-0.25, -0.2) is 0 Å². The second kappa shape index (κ2) is 6.55. The van der Waals surface area contributed by atoms with E-state index in [9.17, 15) is 5.11 Å². The molecule has 0 aromatic heterocycles. The molecular weight excluding hydrogens is 296 g/mol. The predicted octanol–water partition coefficient (Wildman–Crippen LogP) is 3.19. The molecule has 0 aliphatic heterocycles.